The van der Waals surface area contributed by atoms with Gasteiger partial charge in [0.15, 0.2) is 0 Å². The highest BCUT2D eigenvalue weighted by Crippen LogP contribution is 2.12. The number of carboxylic acid groups (broad SMARTS) is 1. The summed E-state index contributed by atoms with van der Waals surface area (Å²) >= 11 is 0. The van der Waals surface area contributed by atoms with Crippen molar-refractivity contribution in [3.8, 4) is 12.3 Å². The van der Waals surface area contributed by atoms with Gasteiger partial charge in [-0.3, -0.25) is 0 Å². The molecular formula is C11H18N2O3. The van der Waals surface area contributed by atoms with E-state index in [0.717, 1.165) is 0 Å². The van der Waals surface area contributed by atoms with Crippen molar-refractivity contribution in [3.05, 3.63) is 0 Å². The Morgan fingerprint density at radius 3 is 2.50 bits per heavy atom. The molecule has 0 aliphatic rings. The van der Waals surface area contributed by atoms with E-state index in [0.29, 0.717) is 12.8 Å². The van der Waals surface area contributed by atoms with Gasteiger partial charge in [-0.1, -0.05) is 19.3 Å². The molecule has 0 rings (SSSR count). The average molecular weight is 226 g/mol. The van der Waals surface area contributed by atoms with Crippen LogP contribution in [-0.4, -0.2) is 28.7 Å². The topological polar surface area (TPSA) is 78.4 Å². The Balaban J connectivity index is 4.48. The second-order valence-electron chi connectivity index (χ2n) is 3.87. The molecule has 0 heterocycles. The van der Waals surface area contributed by atoms with Crippen LogP contribution in [0.2, 0.25) is 0 Å². The van der Waals surface area contributed by atoms with Crippen LogP contribution >= 0.6 is 0 Å². The predicted octanol–water partition coefficient (Wildman–Crippen LogP) is 0.951. The van der Waals surface area contributed by atoms with Gasteiger partial charge in [0.1, 0.15) is 5.54 Å². The van der Waals surface area contributed by atoms with Crippen molar-refractivity contribution in [3.63, 3.8) is 0 Å². The highest BCUT2D eigenvalue weighted by molar-refractivity contribution is 5.86. The lowest BCUT2D eigenvalue weighted by molar-refractivity contribution is -0.144. The van der Waals surface area contributed by atoms with Gasteiger partial charge in [-0.25, -0.2) is 9.59 Å². The summed E-state index contributed by atoms with van der Waals surface area (Å²) in [7, 11) is 0. The molecule has 5 heteroatoms. The number of amides is 2. The molecule has 2 amide bonds. The molecular weight excluding hydrogens is 208 g/mol. The Morgan fingerprint density at radius 1 is 1.56 bits per heavy atom. The van der Waals surface area contributed by atoms with Gasteiger partial charge >= 0.3 is 12.0 Å². The number of aliphatic carboxylic acids is 1. The molecule has 90 valence electrons. The molecule has 0 saturated heterocycles. The van der Waals surface area contributed by atoms with Gasteiger partial charge in [-0.15, -0.1) is 6.42 Å². The summed E-state index contributed by atoms with van der Waals surface area (Å²) in [5.74, 6) is 1.27. The van der Waals surface area contributed by atoms with Crippen LogP contribution in [0, 0.1) is 12.3 Å². The molecule has 2 atom stereocenters. The van der Waals surface area contributed by atoms with Crippen molar-refractivity contribution < 1.29 is 14.7 Å². The van der Waals surface area contributed by atoms with Crippen LogP contribution in [0.1, 0.15) is 33.6 Å². The molecule has 0 aromatic heterocycles. The van der Waals surface area contributed by atoms with E-state index in [1.165, 1.54) is 6.92 Å². The summed E-state index contributed by atoms with van der Waals surface area (Å²) in [5.41, 5.74) is -1.26. The molecule has 5 nitrogen and oxygen atoms in total. The molecule has 0 aliphatic heterocycles. The van der Waals surface area contributed by atoms with Crippen molar-refractivity contribution in [2.75, 3.05) is 0 Å². The maximum atomic E-state index is 11.4. The highest BCUT2D eigenvalue weighted by Gasteiger charge is 2.33. The number of terminal acetylenes is 1. The minimum atomic E-state index is -1.26. The zero-order chi connectivity index (χ0) is 12.8. The summed E-state index contributed by atoms with van der Waals surface area (Å²) in [6.45, 7) is 4.96. The Bertz CT molecular complexity index is 309. The fourth-order valence-corrected chi connectivity index (χ4v) is 1.25. The number of nitrogens with one attached hydrogen (secondary N) is 2. The molecule has 0 saturated carbocycles. The number of hydrogen-bond acceptors (Lipinski definition) is 2. The third-order valence-corrected chi connectivity index (χ3v) is 2.21. The summed E-state index contributed by atoms with van der Waals surface area (Å²) in [6, 6.07) is -0.997. The average Bonchev–Trinajstić information content (AvgIpc) is 2.17. The lowest BCUT2D eigenvalue weighted by Gasteiger charge is -2.26. The Morgan fingerprint density at radius 2 is 2.12 bits per heavy atom. The van der Waals surface area contributed by atoms with Gasteiger partial charge in [0.05, 0.1) is 6.04 Å². The largest absolute Gasteiger partial charge is 0.480 e. The van der Waals surface area contributed by atoms with E-state index < -0.39 is 23.6 Å². The molecule has 0 spiro atoms. The van der Waals surface area contributed by atoms with Crippen molar-refractivity contribution in [1.82, 2.24) is 10.6 Å². The highest BCUT2D eigenvalue weighted by atomic mass is 16.4. The number of urea groups is 1. The van der Waals surface area contributed by atoms with Crippen LogP contribution in [0.5, 0.6) is 0 Å². The van der Waals surface area contributed by atoms with Crippen molar-refractivity contribution in [2.45, 2.75) is 45.2 Å². The Hall–Kier alpha value is -1.70. The fourth-order valence-electron chi connectivity index (χ4n) is 1.25. The van der Waals surface area contributed by atoms with Gasteiger partial charge in [-0.2, -0.15) is 0 Å². The van der Waals surface area contributed by atoms with Crippen molar-refractivity contribution in [2.24, 2.45) is 0 Å². The molecule has 0 radical (unpaired) electrons. The number of carbonyl (C=O) groups excluding carboxylic acids is 1. The van der Waals surface area contributed by atoms with E-state index >= 15 is 0 Å². The normalized spacial score (nSPS) is 15.4. The first-order chi connectivity index (χ1) is 7.35. The smallest absolute Gasteiger partial charge is 0.329 e. The fraction of sp³-hybridized carbons (Fsp3) is 0.636. The first kappa shape index (κ1) is 14.3. The minimum Gasteiger partial charge on any atom is -0.480 e. The quantitative estimate of drug-likeness (QED) is 0.611. The lowest BCUT2D eigenvalue weighted by Crippen LogP contribution is -2.56. The molecule has 0 fully saturated rings. The number of carboxylic acids is 1. The van der Waals surface area contributed by atoms with Crippen LogP contribution < -0.4 is 10.6 Å². The number of rotatable bonds is 5. The van der Waals surface area contributed by atoms with E-state index in [9.17, 15) is 9.59 Å². The van der Waals surface area contributed by atoms with Crippen molar-refractivity contribution >= 4 is 12.0 Å². The zero-order valence-corrected chi connectivity index (χ0v) is 9.83. The first-order valence-corrected chi connectivity index (χ1v) is 5.14. The van der Waals surface area contributed by atoms with Gasteiger partial charge in [0.2, 0.25) is 0 Å². The standard InChI is InChI=1S/C11H18N2O3/c1-5-7-11(4,9(14)15)13-10(16)12-8(3)6-2/h2,8H,5,7H2,1,3-4H3,(H,14,15)(H2,12,13,16). The molecule has 0 aliphatic carbocycles. The predicted molar refractivity (Wildman–Crippen MR) is 60.9 cm³/mol. The first-order valence-electron chi connectivity index (χ1n) is 5.14. The van der Waals surface area contributed by atoms with Crippen LogP contribution in [0.25, 0.3) is 0 Å². The van der Waals surface area contributed by atoms with E-state index in [1.807, 2.05) is 6.92 Å². The maximum absolute atomic E-state index is 11.4. The zero-order valence-electron chi connectivity index (χ0n) is 9.83. The third kappa shape index (κ3) is 4.22. The molecule has 0 bridgehead atoms. The van der Waals surface area contributed by atoms with Gasteiger partial charge in [-0.05, 0) is 20.3 Å². The Kier molecular flexibility index (Phi) is 5.37. The maximum Gasteiger partial charge on any atom is 0.329 e. The molecule has 3 N–H and O–H groups in total. The molecule has 2 unspecified atom stereocenters. The summed E-state index contributed by atoms with van der Waals surface area (Å²) in [4.78, 5) is 22.4. The molecule has 0 aromatic rings. The van der Waals surface area contributed by atoms with E-state index in [4.69, 9.17) is 11.5 Å². The van der Waals surface area contributed by atoms with Gasteiger partial charge in [0, 0.05) is 0 Å². The third-order valence-electron chi connectivity index (χ3n) is 2.21. The SMILES string of the molecule is C#CC(C)NC(=O)NC(C)(CCC)C(=O)O. The second-order valence-corrected chi connectivity index (χ2v) is 3.87. The van der Waals surface area contributed by atoms with Crippen LogP contribution in [0.4, 0.5) is 4.79 Å². The van der Waals surface area contributed by atoms with Crippen LogP contribution in [0.3, 0.4) is 0 Å². The summed E-state index contributed by atoms with van der Waals surface area (Å²) in [6.07, 6.45) is 6.12. The minimum absolute atomic E-state index is 0.361. The monoisotopic (exact) mass is 226 g/mol. The van der Waals surface area contributed by atoms with E-state index in [-0.39, 0.29) is 0 Å². The van der Waals surface area contributed by atoms with Crippen LogP contribution in [0.15, 0.2) is 0 Å². The summed E-state index contributed by atoms with van der Waals surface area (Å²) in [5, 5.41) is 13.9. The lowest BCUT2D eigenvalue weighted by atomic mass is 9.97. The molecule has 0 aromatic carbocycles. The van der Waals surface area contributed by atoms with Gasteiger partial charge < -0.3 is 15.7 Å². The van der Waals surface area contributed by atoms with E-state index in [2.05, 4.69) is 16.6 Å². The number of hydrogen-bond donors (Lipinski definition) is 3. The Labute approximate surface area is 95.6 Å². The summed E-state index contributed by atoms with van der Waals surface area (Å²) < 4.78 is 0. The van der Waals surface area contributed by atoms with Crippen LogP contribution in [-0.2, 0) is 4.79 Å². The van der Waals surface area contributed by atoms with Gasteiger partial charge in [0.25, 0.3) is 0 Å². The second kappa shape index (κ2) is 6.01. The van der Waals surface area contributed by atoms with Crippen molar-refractivity contribution in [1.29, 1.82) is 0 Å². The molecule has 16 heavy (non-hydrogen) atoms. The number of carbonyl (C=O) groups is 2. The van der Waals surface area contributed by atoms with E-state index in [1.54, 1.807) is 6.92 Å².